The first-order valence-corrected chi connectivity index (χ1v) is 12.5. The molecule has 0 saturated heterocycles. The van der Waals surface area contributed by atoms with Gasteiger partial charge in [0.2, 0.25) is 0 Å². The van der Waals surface area contributed by atoms with Gasteiger partial charge in [-0.15, -0.1) is 11.3 Å². The number of methoxy groups -OCH3 is 1. The Morgan fingerprint density at radius 2 is 1.71 bits per heavy atom. The number of benzene rings is 4. The van der Waals surface area contributed by atoms with E-state index in [-0.39, 0.29) is 0 Å². The van der Waals surface area contributed by atoms with Crippen LogP contribution >= 0.6 is 22.9 Å². The van der Waals surface area contributed by atoms with Crippen molar-refractivity contribution in [3.63, 3.8) is 0 Å². The van der Waals surface area contributed by atoms with Gasteiger partial charge in [0.25, 0.3) is 0 Å². The number of thiazole rings is 1. The van der Waals surface area contributed by atoms with Gasteiger partial charge in [0.15, 0.2) is 11.5 Å². The number of fused-ring (bicyclic) bond motifs is 1. The van der Waals surface area contributed by atoms with Crippen molar-refractivity contribution in [2.24, 2.45) is 0 Å². The molecule has 35 heavy (non-hydrogen) atoms. The quantitative estimate of drug-likeness (QED) is 0.233. The van der Waals surface area contributed by atoms with Crippen LogP contribution in [0.15, 0.2) is 84.9 Å². The molecule has 4 nitrogen and oxygen atoms in total. The molecule has 0 amide bonds. The van der Waals surface area contributed by atoms with E-state index in [4.69, 9.17) is 26.1 Å². The van der Waals surface area contributed by atoms with Crippen molar-refractivity contribution in [2.75, 3.05) is 12.4 Å². The minimum atomic E-state index is 0.426. The van der Waals surface area contributed by atoms with Gasteiger partial charge in [-0.2, -0.15) is 0 Å². The Labute approximate surface area is 214 Å². The summed E-state index contributed by atoms with van der Waals surface area (Å²) in [6, 6.07) is 28.6. The molecule has 1 aromatic heterocycles. The number of anilines is 1. The molecule has 0 spiro atoms. The number of aryl methyl sites for hydroxylation is 1. The Morgan fingerprint density at radius 3 is 2.49 bits per heavy atom. The van der Waals surface area contributed by atoms with Crippen LogP contribution in [0.3, 0.4) is 0 Å². The normalized spacial score (nSPS) is 10.9. The van der Waals surface area contributed by atoms with E-state index in [1.165, 1.54) is 10.3 Å². The third-order valence-electron chi connectivity index (χ3n) is 5.69. The summed E-state index contributed by atoms with van der Waals surface area (Å²) in [6.07, 6.45) is 0. The molecule has 0 bridgehead atoms. The van der Waals surface area contributed by atoms with Gasteiger partial charge >= 0.3 is 0 Å². The second kappa shape index (κ2) is 10.4. The van der Waals surface area contributed by atoms with Gasteiger partial charge in [-0.25, -0.2) is 4.98 Å². The topological polar surface area (TPSA) is 43.4 Å². The number of halogens is 1. The summed E-state index contributed by atoms with van der Waals surface area (Å²) in [5.74, 6) is 1.17. The lowest BCUT2D eigenvalue weighted by Gasteiger charge is -2.15. The number of rotatable bonds is 8. The van der Waals surface area contributed by atoms with E-state index in [1.807, 2.05) is 42.5 Å². The Morgan fingerprint density at radius 1 is 0.914 bits per heavy atom. The highest BCUT2D eigenvalue weighted by molar-refractivity contribution is 7.21. The minimum absolute atomic E-state index is 0.426. The highest BCUT2D eigenvalue weighted by atomic mass is 35.5. The van der Waals surface area contributed by atoms with Crippen LogP contribution in [0, 0.1) is 6.92 Å². The lowest BCUT2D eigenvalue weighted by molar-refractivity contribution is 0.284. The third-order valence-corrected chi connectivity index (χ3v) is 7.04. The molecular formula is C29H25ClN2O2S. The van der Waals surface area contributed by atoms with E-state index in [0.717, 1.165) is 32.9 Å². The van der Waals surface area contributed by atoms with Crippen molar-refractivity contribution in [1.82, 2.24) is 4.98 Å². The number of hydrogen-bond acceptors (Lipinski definition) is 5. The Balaban J connectivity index is 1.26. The van der Waals surface area contributed by atoms with Crippen LogP contribution in [0.1, 0.15) is 16.7 Å². The maximum Gasteiger partial charge on any atom is 0.180 e. The minimum Gasteiger partial charge on any atom is -0.493 e. The van der Waals surface area contributed by atoms with Crippen molar-refractivity contribution in [1.29, 1.82) is 0 Å². The zero-order chi connectivity index (χ0) is 24.2. The van der Waals surface area contributed by atoms with E-state index < -0.39 is 0 Å². The average molecular weight is 501 g/mol. The average Bonchev–Trinajstić information content (AvgIpc) is 3.30. The molecule has 176 valence electrons. The van der Waals surface area contributed by atoms with Crippen LogP contribution in [0.5, 0.6) is 11.5 Å². The molecule has 5 rings (SSSR count). The van der Waals surface area contributed by atoms with Gasteiger partial charge in [0.1, 0.15) is 11.6 Å². The number of hydrogen-bond donors (Lipinski definition) is 1. The van der Waals surface area contributed by atoms with Crippen LogP contribution in [-0.2, 0) is 13.2 Å². The smallest absolute Gasteiger partial charge is 0.180 e. The summed E-state index contributed by atoms with van der Waals surface area (Å²) < 4.78 is 12.7. The van der Waals surface area contributed by atoms with Crippen molar-refractivity contribution in [3.8, 4) is 22.1 Å². The summed E-state index contributed by atoms with van der Waals surface area (Å²) in [7, 11) is 1.63. The van der Waals surface area contributed by atoms with Crippen LogP contribution in [0.2, 0.25) is 5.02 Å². The molecule has 6 heteroatoms. The number of aromatic nitrogens is 1. The Kier molecular flexibility index (Phi) is 6.89. The van der Waals surface area contributed by atoms with Crippen molar-refractivity contribution < 1.29 is 9.47 Å². The number of nitrogens with zero attached hydrogens (tertiary/aromatic N) is 1. The van der Waals surface area contributed by atoms with Gasteiger partial charge in [-0.05, 0) is 72.1 Å². The second-order valence-electron chi connectivity index (χ2n) is 8.30. The fourth-order valence-corrected chi connectivity index (χ4v) is 5.19. The van der Waals surface area contributed by atoms with E-state index >= 15 is 0 Å². The van der Waals surface area contributed by atoms with Gasteiger partial charge in [0, 0.05) is 17.8 Å². The first-order valence-electron chi connectivity index (χ1n) is 11.3. The van der Waals surface area contributed by atoms with E-state index in [0.29, 0.717) is 29.7 Å². The number of nitrogens with one attached hydrogen (secondary N) is 1. The molecule has 0 aliphatic rings. The fourth-order valence-electron chi connectivity index (χ4n) is 3.84. The molecule has 0 atom stereocenters. The zero-order valence-electron chi connectivity index (χ0n) is 19.5. The van der Waals surface area contributed by atoms with Crippen molar-refractivity contribution in [3.05, 3.63) is 107 Å². The molecule has 1 heterocycles. The lowest BCUT2D eigenvalue weighted by Crippen LogP contribution is -2.02. The molecular weight excluding hydrogens is 476 g/mol. The molecule has 1 N–H and O–H groups in total. The highest BCUT2D eigenvalue weighted by Gasteiger charge is 2.13. The SMILES string of the molecule is COc1cc(CNc2ccc(-c3nc4ccc(C)cc4s3)cc2)cc(Cl)c1OCc1ccccc1. The van der Waals surface area contributed by atoms with Crippen molar-refractivity contribution in [2.45, 2.75) is 20.1 Å². The van der Waals surface area contributed by atoms with Crippen LogP contribution in [0.25, 0.3) is 20.8 Å². The standard InChI is InChI=1S/C29H25ClN2O2S/c1-19-8-13-25-27(14-19)35-29(32-25)22-9-11-23(12-10-22)31-17-21-15-24(30)28(26(16-21)33-2)34-18-20-6-4-3-5-7-20/h3-16,31H,17-18H2,1-2H3. The van der Waals surface area contributed by atoms with E-state index in [2.05, 4.69) is 54.7 Å². The molecule has 0 aliphatic heterocycles. The number of ether oxygens (including phenoxy) is 2. The second-order valence-corrected chi connectivity index (χ2v) is 9.74. The Hall–Kier alpha value is -3.54. The summed E-state index contributed by atoms with van der Waals surface area (Å²) in [4.78, 5) is 4.78. The summed E-state index contributed by atoms with van der Waals surface area (Å²) in [5.41, 5.74) is 6.49. The molecule has 0 radical (unpaired) electrons. The molecule has 0 aliphatic carbocycles. The Bertz CT molecular complexity index is 1450. The van der Waals surface area contributed by atoms with Gasteiger partial charge in [0.05, 0.1) is 22.3 Å². The van der Waals surface area contributed by atoms with Gasteiger partial charge in [-0.3, -0.25) is 0 Å². The summed E-state index contributed by atoms with van der Waals surface area (Å²) in [5, 5.41) is 5.01. The summed E-state index contributed by atoms with van der Waals surface area (Å²) >= 11 is 8.27. The largest absolute Gasteiger partial charge is 0.493 e. The lowest BCUT2D eigenvalue weighted by atomic mass is 10.1. The van der Waals surface area contributed by atoms with Crippen LogP contribution < -0.4 is 14.8 Å². The predicted molar refractivity (Wildman–Crippen MR) is 146 cm³/mol. The van der Waals surface area contributed by atoms with Crippen LogP contribution in [0.4, 0.5) is 5.69 Å². The van der Waals surface area contributed by atoms with Crippen LogP contribution in [-0.4, -0.2) is 12.1 Å². The highest BCUT2D eigenvalue weighted by Crippen LogP contribution is 2.37. The first-order chi connectivity index (χ1) is 17.1. The predicted octanol–water partition coefficient (Wildman–Crippen LogP) is 8.12. The summed E-state index contributed by atoms with van der Waals surface area (Å²) in [6.45, 7) is 3.14. The fraction of sp³-hybridized carbons (Fsp3) is 0.138. The van der Waals surface area contributed by atoms with Gasteiger partial charge < -0.3 is 14.8 Å². The molecule has 0 saturated carbocycles. The van der Waals surface area contributed by atoms with E-state index in [1.54, 1.807) is 18.4 Å². The third kappa shape index (κ3) is 5.42. The molecule has 5 aromatic rings. The molecule has 0 unspecified atom stereocenters. The zero-order valence-corrected chi connectivity index (χ0v) is 21.1. The molecule has 0 fully saturated rings. The maximum absolute atomic E-state index is 6.55. The van der Waals surface area contributed by atoms with Crippen molar-refractivity contribution >= 4 is 38.8 Å². The monoisotopic (exact) mass is 500 g/mol. The van der Waals surface area contributed by atoms with E-state index in [9.17, 15) is 0 Å². The molecule has 4 aromatic carbocycles. The first kappa shape index (κ1) is 23.2. The van der Waals surface area contributed by atoms with Gasteiger partial charge in [-0.1, -0.05) is 48.0 Å². The maximum atomic E-state index is 6.55.